The summed E-state index contributed by atoms with van der Waals surface area (Å²) in [4.78, 5) is 28.0. The van der Waals surface area contributed by atoms with Gasteiger partial charge >= 0.3 is 0 Å². The lowest BCUT2D eigenvalue weighted by Gasteiger charge is -2.18. The van der Waals surface area contributed by atoms with Crippen LogP contribution in [0.15, 0.2) is 67.0 Å². The molecule has 1 fully saturated rings. The van der Waals surface area contributed by atoms with Crippen LogP contribution in [0.4, 0.5) is 5.69 Å². The van der Waals surface area contributed by atoms with E-state index < -0.39 is 0 Å². The first kappa shape index (κ1) is 18.0. The molecule has 0 radical (unpaired) electrons. The molecule has 1 saturated heterocycles. The van der Waals surface area contributed by atoms with E-state index in [1.165, 1.54) is 0 Å². The Bertz CT molecular complexity index is 979. The van der Waals surface area contributed by atoms with Crippen LogP contribution in [-0.2, 0) is 11.3 Å². The summed E-state index contributed by atoms with van der Waals surface area (Å²) in [6.07, 6.45) is 5.19. The van der Waals surface area contributed by atoms with Crippen LogP contribution in [0.25, 0.3) is 5.69 Å². The maximum absolute atomic E-state index is 12.7. The minimum Gasteiger partial charge on any atom is -0.337 e. The van der Waals surface area contributed by atoms with E-state index in [1.54, 1.807) is 39.9 Å². The van der Waals surface area contributed by atoms with E-state index in [-0.39, 0.29) is 11.8 Å². The molecule has 2 aromatic carbocycles. The molecule has 142 valence electrons. The van der Waals surface area contributed by atoms with Crippen molar-refractivity contribution in [1.29, 1.82) is 0 Å². The molecule has 0 aliphatic carbocycles. The van der Waals surface area contributed by atoms with Crippen LogP contribution in [0.2, 0.25) is 0 Å². The van der Waals surface area contributed by atoms with Crippen LogP contribution in [0.1, 0.15) is 28.8 Å². The van der Waals surface area contributed by atoms with E-state index >= 15 is 0 Å². The van der Waals surface area contributed by atoms with Crippen LogP contribution in [0.5, 0.6) is 0 Å². The summed E-state index contributed by atoms with van der Waals surface area (Å²) in [5.41, 5.74) is 3.40. The largest absolute Gasteiger partial charge is 0.337 e. The standard InChI is InChI=1S/C22H22N4O2/c1-24(15-17-14-23-26(16-17)20-6-3-2-4-7-20)22(28)18-9-11-19(12-10-18)25-13-5-8-21(25)27/h2-4,6-7,9-12,14,16H,5,8,13,15H2,1H3. The third-order valence-electron chi connectivity index (χ3n) is 4.92. The summed E-state index contributed by atoms with van der Waals surface area (Å²) in [7, 11) is 1.78. The predicted molar refractivity (Wildman–Crippen MR) is 107 cm³/mol. The van der Waals surface area contributed by atoms with Gasteiger partial charge < -0.3 is 9.80 Å². The highest BCUT2D eigenvalue weighted by atomic mass is 16.2. The Morgan fingerprint density at radius 1 is 1.07 bits per heavy atom. The number of carbonyl (C=O) groups is 2. The van der Waals surface area contributed by atoms with E-state index in [1.807, 2.05) is 48.7 Å². The fourth-order valence-corrected chi connectivity index (χ4v) is 3.43. The molecule has 0 atom stereocenters. The van der Waals surface area contributed by atoms with Gasteiger partial charge in [-0.3, -0.25) is 9.59 Å². The van der Waals surface area contributed by atoms with Gasteiger partial charge in [-0.15, -0.1) is 0 Å². The van der Waals surface area contributed by atoms with Crippen molar-refractivity contribution >= 4 is 17.5 Å². The Morgan fingerprint density at radius 2 is 1.82 bits per heavy atom. The first-order valence-electron chi connectivity index (χ1n) is 9.37. The van der Waals surface area contributed by atoms with Gasteiger partial charge in [-0.25, -0.2) is 4.68 Å². The lowest BCUT2D eigenvalue weighted by Crippen LogP contribution is -2.26. The summed E-state index contributed by atoms with van der Waals surface area (Å²) < 4.78 is 1.80. The number of nitrogens with zero attached hydrogens (tertiary/aromatic N) is 4. The molecule has 1 aromatic heterocycles. The van der Waals surface area contributed by atoms with E-state index in [0.29, 0.717) is 18.5 Å². The van der Waals surface area contributed by atoms with E-state index in [9.17, 15) is 9.59 Å². The molecule has 6 heteroatoms. The van der Waals surface area contributed by atoms with Gasteiger partial charge in [0.15, 0.2) is 0 Å². The molecule has 4 rings (SSSR count). The van der Waals surface area contributed by atoms with Gasteiger partial charge in [0.05, 0.1) is 11.9 Å². The number of amides is 2. The third-order valence-corrected chi connectivity index (χ3v) is 4.92. The average molecular weight is 374 g/mol. The Labute approximate surface area is 164 Å². The lowest BCUT2D eigenvalue weighted by molar-refractivity contribution is -0.117. The summed E-state index contributed by atoms with van der Waals surface area (Å²) >= 11 is 0. The zero-order valence-corrected chi connectivity index (χ0v) is 15.8. The second-order valence-corrected chi connectivity index (χ2v) is 6.99. The highest BCUT2D eigenvalue weighted by molar-refractivity contribution is 5.97. The summed E-state index contributed by atoms with van der Waals surface area (Å²) in [5, 5.41) is 4.38. The van der Waals surface area contributed by atoms with Crippen LogP contribution in [0, 0.1) is 0 Å². The maximum Gasteiger partial charge on any atom is 0.253 e. The molecule has 0 unspecified atom stereocenters. The third kappa shape index (κ3) is 3.67. The van der Waals surface area contributed by atoms with Gasteiger partial charge in [0.1, 0.15) is 0 Å². The number of hydrogen-bond acceptors (Lipinski definition) is 3. The lowest BCUT2D eigenvalue weighted by atomic mass is 10.1. The van der Waals surface area contributed by atoms with Crippen LogP contribution < -0.4 is 4.90 Å². The quantitative estimate of drug-likeness (QED) is 0.689. The van der Waals surface area contributed by atoms with Crippen molar-refractivity contribution < 1.29 is 9.59 Å². The molecule has 3 aromatic rings. The Balaban J connectivity index is 1.42. The zero-order valence-electron chi connectivity index (χ0n) is 15.8. The van der Waals surface area contributed by atoms with Crippen LogP contribution >= 0.6 is 0 Å². The topological polar surface area (TPSA) is 58.4 Å². The Kier molecular flexibility index (Phi) is 4.93. The van der Waals surface area contributed by atoms with Crippen LogP contribution in [-0.4, -0.2) is 40.1 Å². The maximum atomic E-state index is 12.7. The summed E-state index contributed by atoms with van der Waals surface area (Å²) in [6, 6.07) is 17.1. The van der Waals surface area contributed by atoms with E-state index in [0.717, 1.165) is 29.9 Å². The van der Waals surface area contributed by atoms with Crippen molar-refractivity contribution in [3.8, 4) is 5.69 Å². The normalized spacial score (nSPS) is 13.8. The number of para-hydroxylation sites is 1. The highest BCUT2D eigenvalue weighted by Gasteiger charge is 2.22. The predicted octanol–water partition coefficient (Wildman–Crippen LogP) is 3.27. The SMILES string of the molecule is CN(Cc1cnn(-c2ccccc2)c1)C(=O)c1ccc(N2CCCC2=O)cc1. The van der Waals surface area contributed by atoms with Crippen molar-refractivity contribution in [2.75, 3.05) is 18.5 Å². The van der Waals surface area contributed by atoms with Crippen LogP contribution in [0.3, 0.4) is 0 Å². The van der Waals surface area contributed by atoms with E-state index in [4.69, 9.17) is 0 Å². The number of aromatic nitrogens is 2. The van der Waals surface area contributed by atoms with Crippen molar-refractivity contribution in [3.63, 3.8) is 0 Å². The first-order valence-corrected chi connectivity index (χ1v) is 9.37. The minimum atomic E-state index is -0.0632. The molecule has 1 aliphatic rings. The summed E-state index contributed by atoms with van der Waals surface area (Å²) in [5.74, 6) is 0.0818. The molecule has 0 N–H and O–H groups in total. The Morgan fingerprint density at radius 3 is 2.50 bits per heavy atom. The molecule has 0 bridgehead atoms. The molecular weight excluding hydrogens is 352 g/mol. The molecule has 0 spiro atoms. The number of hydrogen-bond donors (Lipinski definition) is 0. The number of carbonyl (C=O) groups excluding carboxylic acids is 2. The number of benzene rings is 2. The van der Waals surface area contributed by atoms with E-state index in [2.05, 4.69) is 5.10 Å². The Hall–Kier alpha value is -3.41. The molecule has 0 saturated carbocycles. The van der Waals surface area contributed by atoms with Gasteiger partial charge in [-0.1, -0.05) is 18.2 Å². The first-order chi connectivity index (χ1) is 13.6. The highest BCUT2D eigenvalue weighted by Crippen LogP contribution is 2.22. The smallest absolute Gasteiger partial charge is 0.253 e. The van der Waals surface area contributed by atoms with Gasteiger partial charge in [0.25, 0.3) is 5.91 Å². The second kappa shape index (κ2) is 7.68. The van der Waals surface area contributed by atoms with Crippen molar-refractivity contribution in [3.05, 3.63) is 78.1 Å². The second-order valence-electron chi connectivity index (χ2n) is 6.99. The molecule has 1 aliphatic heterocycles. The average Bonchev–Trinajstić information content (AvgIpc) is 3.37. The van der Waals surface area contributed by atoms with Gasteiger partial charge in [0, 0.05) is 49.6 Å². The van der Waals surface area contributed by atoms with Gasteiger partial charge in [-0.2, -0.15) is 5.10 Å². The van der Waals surface area contributed by atoms with Gasteiger partial charge in [-0.05, 0) is 42.8 Å². The summed E-state index contributed by atoms with van der Waals surface area (Å²) in [6.45, 7) is 1.22. The van der Waals surface area contributed by atoms with Crippen molar-refractivity contribution in [2.24, 2.45) is 0 Å². The molecular formula is C22H22N4O2. The molecule has 28 heavy (non-hydrogen) atoms. The number of rotatable bonds is 5. The minimum absolute atomic E-state index is 0.0632. The fraction of sp³-hybridized carbons (Fsp3) is 0.227. The monoisotopic (exact) mass is 374 g/mol. The molecule has 2 heterocycles. The zero-order chi connectivity index (χ0) is 19.5. The van der Waals surface area contributed by atoms with Crippen molar-refractivity contribution in [1.82, 2.24) is 14.7 Å². The number of anilines is 1. The van der Waals surface area contributed by atoms with Gasteiger partial charge in [0.2, 0.25) is 5.91 Å². The fourth-order valence-electron chi connectivity index (χ4n) is 3.43. The van der Waals surface area contributed by atoms with Crippen molar-refractivity contribution in [2.45, 2.75) is 19.4 Å². The molecule has 6 nitrogen and oxygen atoms in total. The molecule has 2 amide bonds.